The van der Waals surface area contributed by atoms with Crippen molar-refractivity contribution < 1.29 is 0 Å². The maximum atomic E-state index is 11.4. The lowest BCUT2D eigenvalue weighted by Crippen LogP contribution is -2.20. The van der Waals surface area contributed by atoms with Gasteiger partial charge in [0.1, 0.15) is 0 Å². The maximum Gasteiger partial charge on any atom is 0.253 e. The fraction of sp³-hybridized carbons (Fsp3) is 0.222. The Hall–Kier alpha value is -0.830. The molecule has 1 aromatic heterocycles. The molecule has 3 heteroatoms. The number of nitrogens with zero attached hydrogens (tertiary/aromatic N) is 1. The summed E-state index contributed by atoms with van der Waals surface area (Å²) in [4.78, 5) is 11.4. The van der Waals surface area contributed by atoms with Crippen LogP contribution in [0.15, 0.2) is 34.2 Å². The van der Waals surface area contributed by atoms with Crippen LogP contribution in [0.2, 0.25) is 0 Å². The Kier molecular flexibility index (Phi) is 2.87. The molecule has 1 rings (SSSR count). The second-order valence-corrected chi connectivity index (χ2v) is 3.76. The molecule has 0 amide bonds. The SMILES string of the molecule is C=C(Br)Cn1cccc(C)c1=O. The lowest BCUT2D eigenvalue weighted by atomic mass is 10.3. The molecule has 12 heavy (non-hydrogen) atoms. The minimum Gasteiger partial charge on any atom is -0.310 e. The van der Waals surface area contributed by atoms with Crippen molar-refractivity contribution in [2.45, 2.75) is 13.5 Å². The van der Waals surface area contributed by atoms with E-state index in [0.29, 0.717) is 6.54 Å². The second kappa shape index (κ2) is 3.72. The molecule has 0 fully saturated rings. The molecule has 1 aromatic rings. The van der Waals surface area contributed by atoms with Crippen LogP contribution in [0.5, 0.6) is 0 Å². The first-order chi connectivity index (χ1) is 5.61. The van der Waals surface area contributed by atoms with Crippen LogP contribution >= 0.6 is 15.9 Å². The highest BCUT2D eigenvalue weighted by molar-refractivity contribution is 9.11. The maximum absolute atomic E-state index is 11.4. The highest BCUT2D eigenvalue weighted by Crippen LogP contribution is 2.02. The number of allylic oxidation sites excluding steroid dienone is 1. The molecule has 0 atom stereocenters. The summed E-state index contributed by atoms with van der Waals surface area (Å²) in [7, 11) is 0. The van der Waals surface area contributed by atoms with Crippen LogP contribution in [0.1, 0.15) is 5.56 Å². The minimum absolute atomic E-state index is 0.0399. The third kappa shape index (κ3) is 2.08. The van der Waals surface area contributed by atoms with Gasteiger partial charge in [-0.3, -0.25) is 4.79 Å². The molecule has 0 bridgehead atoms. The van der Waals surface area contributed by atoms with E-state index in [1.165, 1.54) is 0 Å². The molecule has 0 saturated heterocycles. The Morgan fingerprint density at radius 1 is 1.75 bits per heavy atom. The third-order valence-corrected chi connectivity index (χ3v) is 1.80. The van der Waals surface area contributed by atoms with Gasteiger partial charge in [0.15, 0.2) is 0 Å². The lowest BCUT2D eigenvalue weighted by molar-refractivity contribution is 0.767. The van der Waals surface area contributed by atoms with E-state index in [-0.39, 0.29) is 5.56 Å². The highest BCUT2D eigenvalue weighted by atomic mass is 79.9. The number of hydrogen-bond donors (Lipinski definition) is 0. The van der Waals surface area contributed by atoms with Gasteiger partial charge in [0.05, 0.1) is 6.54 Å². The van der Waals surface area contributed by atoms with Gasteiger partial charge in [0, 0.05) is 16.2 Å². The molecule has 0 aliphatic heterocycles. The quantitative estimate of drug-likeness (QED) is 0.759. The molecule has 0 aliphatic carbocycles. The zero-order chi connectivity index (χ0) is 9.14. The third-order valence-electron chi connectivity index (χ3n) is 1.55. The van der Waals surface area contributed by atoms with Crippen molar-refractivity contribution in [3.05, 3.63) is 45.3 Å². The number of rotatable bonds is 2. The van der Waals surface area contributed by atoms with Gasteiger partial charge in [-0.15, -0.1) is 0 Å². The normalized spacial score (nSPS) is 9.83. The van der Waals surface area contributed by atoms with E-state index in [0.717, 1.165) is 10.0 Å². The van der Waals surface area contributed by atoms with E-state index in [4.69, 9.17) is 0 Å². The van der Waals surface area contributed by atoms with Crippen LogP contribution in [0.25, 0.3) is 0 Å². The van der Waals surface area contributed by atoms with Crippen LogP contribution in [-0.4, -0.2) is 4.57 Å². The fourth-order valence-electron chi connectivity index (χ4n) is 0.966. The van der Waals surface area contributed by atoms with Crippen molar-refractivity contribution >= 4 is 15.9 Å². The van der Waals surface area contributed by atoms with E-state index in [9.17, 15) is 4.79 Å². The van der Waals surface area contributed by atoms with Crippen molar-refractivity contribution in [3.63, 3.8) is 0 Å². The van der Waals surface area contributed by atoms with E-state index < -0.39 is 0 Å². The van der Waals surface area contributed by atoms with Crippen LogP contribution < -0.4 is 5.56 Å². The van der Waals surface area contributed by atoms with Gasteiger partial charge < -0.3 is 4.57 Å². The first-order valence-corrected chi connectivity index (χ1v) is 4.40. The van der Waals surface area contributed by atoms with E-state index in [1.54, 1.807) is 23.8 Å². The van der Waals surface area contributed by atoms with Crippen LogP contribution in [0.3, 0.4) is 0 Å². The van der Waals surface area contributed by atoms with Gasteiger partial charge in [-0.2, -0.15) is 0 Å². The molecule has 0 aromatic carbocycles. The van der Waals surface area contributed by atoms with Crippen molar-refractivity contribution in [2.75, 3.05) is 0 Å². The van der Waals surface area contributed by atoms with Gasteiger partial charge in [-0.1, -0.05) is 28.6 Å². The fourth-order valence-corrected chi connectivity index (χ4v) is 1.24. The average Bonchev–Trinajstić information content (AvgIpc) is 1.98. The minimum atomic E-state index is 0.0399. The number of aromatic nitrogens is 1. The van der Waals surface area contributed by atoms with Crippen molar-refractivity contribution in [3.8, 4) is 0 Å². The van der Waals surface area contributed by atoms with Crippen molar-refractivity contribution in [2.24, 2.45) is 0 Å². The summed E-state index contributed by atoms with van der Waals surface area (Å²) in [6, 6.07) is 3.66. The summed E-state index contributed by atoms with van der Waals surface area (Å²) in [5.41, 5.74) is 0.796. The summed E-state index contributed by atoms with van der Waals surface area (Å²) < 4.78 is 2.42. The topological polar surface area (TPSA) is 22.0 Å². The summed E-state index contributed by atoms with van der Waals surface area (Å²) in [5.74, 6) is 0. The van der Waals surface area contributed by atoms with Crippen LogP contribution in [0, 0.1) is 6.92 Å². The first kappa shape index (κ1) is 9.26. The first-order valence-electron chi connectivity index (χ1n) is 3.60. The predicted molar refractivity (Wildman–Crippen MR) is 53.5 cm³/mol. The molecule has 0 radical (unpaired) electrons. The van der Waals surface area contributed by atoms with Crippen molar-refractivity contribution in [1.82, 2.24) is 4.57 Å². The zero-order valence-electron chi connectivity index (χ0n) is 6.88. The number of pyridine rings is 1. The van der Waals surface area contributed by atoms with Crippen LogP contribution in [-0.2, 0) is 6.54 Å². The molecular weight excluding hydrogens is 218 g/mol. The van der Waals surface area contributed by atoms with Gasteiger partial charge in [0.2, 0.25) is 0 Å². The standard InChI is InChI=1S/C9H10BrNO/c1-7-4-3-5-11(9(7)12)6-8(2)10/h3-5H,2,6H2,1H3. The van der Waals surface area contributed by atoms with Crippen molar-refractivity contribution in [1.29, 1.82) is 0 Å². The Labute approximate surface area is 79.7 Å². The number of hydrogen-bond acceptors (Lipinski definition) is 1. The van der Waals surface area contributed by atoms with E-state index in [1.807, 2.05) is 6.07 Å². The Bertz CT molecular complexity index is 354. The summed E-state index contributed by atoms with van der Waals surface area (Å²) in [6.45, 7) is 6.01. The predicted octanol–water partition coefficient (Wildman–Crippen LogP) is 2.07. The Morgan fingerprint density at radius 2 is 2.42 bits per heavy atom. The van der Waals surface area contributed by atoms with Gasteiger partial charge >= 0.3 is 0 Å². The molecule has 0 unspecified atom stereocenters. The second-order valence-electron chi connectivity index (χ2n) is 2.64. The monoisotopic (exact) mass is 227 g/mol. The summed E-state index contributed by atoms with van der Waals surface area (Å²) >= 11 is 3.22. The molecule has 64 valence electrons. The summed E-state index contributed by atoms with van der Waals surface area (Å²) in [5, 5.41) is 0. The molecule has 0 spiro atoms. The van der Waals surface area contributed by atoms with E-state index >= 15 is 0 Å². The molecule has 1 heterocycles. The Balaban J connectivity index is 3.09. The van der Waals surface area contributed by atoms with E-state index in [2.05, 4.69) is 22.5 Å². The molecule has 0 N–H and O–H groups in total. The molecule has 2 nitrogen and oxygen atoms in total. The van der Waals surface area contributed by atoms with Gasteiger partial charge in [-0.05, 0) is 13.0 Å². The average molecular weight is 228 g/mol. The number of aryl methyl sites for hydroxylation is 1. The Morgan fingerprint density at radius 3 is 3.00 bits per heavy atom. The lowest BCUT2D eigenvalue weighted by Gasteiger charge is -2.03. The highest BCUT2D eigenvalue weighted by Gasteiger charge is 1.97. The van der Waals surface area contributed by atoms with Gasteiger partial charge in [0.25, 0.3) is 5.56 Å². The van der Waals surface area contributed by atoms with Gasteiger partial charge in [-0.25, -0.2) is 0 Å². The summed E-state index contributed by atoms with van der Waals surface area (Å²) in [6.07, 6.45) is 1.75. The molecular formula is C9H10BrNO. The van der Waals surface area contributed by atoms with Crippen LogP contribution in [0.4, 0.5) is 0 Å². The smallest absolute Gasteiger partial charge is 0.253 e. The zero-order valence-corrected chi connectivity index (χ0v) is 8.47. The molecule has 0 aliphatic rings. The number of halogens is 1. The largest absolute Gasteiger partial charge is 0.310 e. The molecule has 0 saturated carbocycles.